The number of para-hydroxylation sites is 2. The summed E-state index contributed by atoms with van der Waals surface area (Å²) in [6, 6.07) is 19.5. The van der Waals surface area contributed by atoms with Gasteiger partial charge in [-0.2, -0.15) is 0 Å². The van der Waals surface area contributed by atoms with Crippen LogP contribution in [-0.4, -0.2) is 27.9 Å². The molecule has 0 saturated heterocycles. The third-order valence-corrected chi connectivity index (χ3v) is 5.73. The first-order valence-corrected chi connectivity index (χ1v) is 10.7. The van der Waals surface area contributed by atoms with Crippen molar-refractivity contribution in [1.82, 2.24) is 9.97 Å². The van der Waals surface area contributed by atoms with Crippen molar-refractivity contribution in [2.75, 3.05) is 5.32 Å². The van der Waals surface area contributed by atoms with E-state index in [4.69, 9.17) is 27.9 Å². The second-order valence-corrected chi connectivity index (χ2v) is 7.83. The van der Waals surface area contributed by atoms with Crippen LogP contribution in [0.25, 0.3) is 22.4 Å². The molecule has 0 saturated carbocycles. The Hall–Kier alpha value is -3.35. The summed E-state index contributed by atoms with van der Waals surface area (Å²) >= 11 is 12.1. The van der Waals surface area contributed by atoms with Gasteiger partial charge in [-0.25, -0.2) is 9.78 Å². The van der Waals surface area contributed by atoms with E-state index in [-0.39, 0.29) is 11.4 Å². The Morgan fingerprint density at radius 3 is 2.56 bits per heavy atom. The minimum atomic E-state index is -1.01. The number of imidazole rings is 1. The van der Waals surface area contributed by atoms with Crippen molar-refractivity contribution >= 4 is 51.8 Å². The van der Waals surface area contributed by atoms with Crippen LogP contribution in [0, 0.1) is 0 Å². The van der Waals surface area contributed by atoms with Gasteiger partial charge in [0.25, 0.3) is 5.91 Å². The van der Waals surface area contributed by atoms with Crippen LogP contribution in [0.5, 0.6) is 0 Å². The van der Waals surface area contributed by atoms with Crippen LogP contribution in [0.15, 0.2) is 66.7 Å². The van der Waals surface area contributed by atoms with E-state index < -0.39 is 18.0 Å². The third kappa shape index (κ3) is 4.47. The molecule has 0 bridgehead atoms. The number of aromatic nitrogens is 2. The highest BCUT2D eigenvalue weighted by Crippen LogP contribution is 2.30. The van der Waals surface area contributed by atoms with E-state index in [1.807, 2.05) is 30.3 Å². The summed E-state index contributed by atoms with van der Waals surface area (Å²) in [5.74, 6) is -0.576. The molecule has 4 rings (SSSR count). The highest BCUT2D eigenvalue weighted by Gasteiger charge is 2.25. The zero-order valence-corrected chi connectivity index (χ0v) is 18.6. The number of esters is 1. The fourth-order valence-electron chi connectivity index (χ4n) is 3.28. The predicted octanol–water partition coefficient (Wildman–Crippen LogP) is 6.11. The maximum Gasteiger partial charge on any atom is 0.339 e. The second-order valence-electron chi connectivity index (χ2n) is 7.04. The maximum atomic E-state index is 13.0. The molecular weight excluding hydrogens is 449 g/mol. The van der Waals surface area contributed by atoms with Crippen molar-refractivity contribution < 1.29 is 14.3 Å². The van der Waals surface area contributed by atoms with Crippen LogP contribution in [0.2, 0.25) is 10.0 Å². The van der Waals surface area contributed by atoms with E-state index in [2.05, 4.69) is 15.3 Å². The molecular formula is C24H19Cl2N3O3. The molecule has 2 N–H and O–H groups in total. The van der Waals surface area contributed by atoms with Crippen molar-refractivity contribution in [3.8, 4) is 11.4 Å². The van der Waals surface area contributed by atoms with Gasteiger partial charge in [0, 0.05) is 5.56 Å². The van der Waals surface area contributed by atoms with E-state index in [0.717, 1.165) is 11.0 Å². The zero-order valence-electron chi connectivity index (χ0n) is 17.1. The number of rotatable bonds is 6. The van der Waals surface area contributed by atoms with Gasteiger partial charge >= 0.3 is 5.97 Å². The summed E-state index contributed by atoms with van der Waals surface area (Å²) in [4.78, 5) is 33.5. The van der Waals surface area contributed by atoms with Gasteiger partial charge in [-0.05, 0) is 36.8 Å². The van der Waals surface area contributed by atoms with Crippen LogP contribution in [0.4, 0.5) is 5.69 Å². The van der Waals surface area contributed by atoms with Crippen molar-refractivity contribution in [1.29, 1.82) is 0 Å². The summed E-state index contributed by atoms with van der Waals surface area (Å²) in [6.07, 6.45) is -0.732. The molecule has 0 radical (unpaired) electrons. The number of H-pyrrole nitrogens is 1. The van der Waals surface area contributed by atoms with Crippen molar-refractivity contribution in [2.24, 2.45) is 0 Å². The van der Waals surface area contributed by atoms with Crippen LogP contribution < -0.4 is 5.32 Å². The Labute approximate surface area is 194 Å². The first kappa shape index (κ1) is 21.9. The molecule has 4 aromatic rings. The van der Waals surface area contributed by atoms with Gasteiger partial charge in [-0.15, -0.1) is 0 Å². The summed E-state index contributed by atoms with van der Waals surface area (Å²) in [6.45, 7) is 1.75. The Bertz CT molecular complexity index is 1270. The van der Waals surface area contributed by atoms with E-state index >= 15 is 0 Å². The van der Waals surface area contributed by atoms with Crippen molar-refractivity contribution in [2.45, 2.75) is 19.4 Å². The minimum absolute atomic E-state index is 0.221. The molecule has 3 aromatic carbocycles. The van der Waals surface area contributed by atoms with Crippen LogP contribution in [0.3, 0.4) is 0 Å². The Kier molecular flexibility index (Phi) is 6.44. The summed E-state index contributed by atoms with van der Waals surface area (Å²) in [7, 11) is 0. The summed E-state index contributed by atoms with van der Waals surface area (Å²) in [5, 5.41) is 3.21. The molecule has 1 aromatic heterocycles. The van der Waals surface area contributed by atoms with Crippen LogP contribution in [-0.2, 0) is 9.53 Å². The van der Waals surface area contributed by atoms with Gasteiger partial charge in [0.1, 0.15) is 5.82 Å². The van der Waals surface area contributed by atoms with E-state index in [1.54, 1.807) is 43.3 Å². The largest absolute Gasteiger partial charge is 0.449 e. The smallest absolute Gasteiger partial charge is 0.339 e. The highest BCUT2D eigenvalue weighted by atomic mass is 35.5. The third-order valence-electron chi connectivity index (χ3n) is 4.91. The number of nitrogens with one attached hydrogen (secondary N) is 2. The molecule has 1 amide bonds. The zero-order chi connectivity index (χ0) is 22.7. The molecule has 0 aliphatic carbocycles. The van der Waals surface area contributed by atoms with Crippen molar-refractivity contribution in [3.05, 3.63) is 82.3 Å². The van der Waals surface area contributed by atoms with Gasteiger partial charge in [-0.3, -0.25) is 4.79 Å². The Balaban J connectivity index is 1.56. The molecule has 1 unspecified atom stereocenters. The first-order valence-electron chi connectivity index (χ1n) is 9.98. The lowest BCUT2D eigenvalue weighted by atomic mass is 10.1. The molecule has 32 heavy (non-hydrogen) atoms. The molecule has 0 aliphatic heterocycles. The lowest BCUT2D eigenvalue weighted by Gasteiger charge is -2.17. The van der Waals surface area contributed by atoms with Gasteiger partial charge in [-0.1, -0.05) is 66.5 Å². The number of anilines is 1. The standard InChI is InChI=1S/C24H19Cl2N3O3/c1-2-20(23(30)29-19-13-7-10-16(25)21(19)26)32-24(31)15-9-4-3-8-14(15)22-27-17-11-5-6-12-18(17)28-22/h3-13,20H,2H2,1H3,(H,27,28)(H,29,30). The van der Waals surface area contributed by atoms with Gasteiger partial charge in [0.05, 0.1) is 32.3 Å². The molecule has 1 heterocycles. The molecule has 6 nitrogen and oxygen atoms in total. The predicted molar refractivity (Wildman–Crippen MR) is 126 cm³/mol. The SMILES string of the molecule is CCC(OC(=O)c1ccccc1-c1nc2ccccc2[nH]1)C(=O)Nc1cccc(Cl)c1Cl. The number of carbonyl (C=O) groups excluding carboxylic acids is 2. The van der Waals surface area contributed by atoms with E-state index in [9.17, 15) is 9.59 Å². The fraction of sp³-hybridized carbons (Fsp3) is 0.125. The number of benzene rings is 3. The minimum Gasteiger partial charge on any atom is -0.449 e. The van der Waals surface area contributed by atoms with Gasteiger partial charge in [0.15, 0.2) is 6.10 Å². The Morgan fingerprint density at radius 2 is 1.78 bits per heavy atom. The number of halogens is 2. The summed E-state index contributed by atoms with van der Waals surface area (Å²) in [5.41, 5.74) is 2.88. The lowest BCUT2D eigenvalue weighted by molar-refractivity contribution is -0.124. The molecule has 162 valence electrons. The number of carbonyl (C=O) groups is 2. The molecule has 1 atom stereocenters. The molecule has 0 fully saturated rings. The average molecular weight is 468 g/mol. The summed E-state index contributed by atoms with van der Waals surface area (Å²) < 4.78 is 5.56. The highest BCUT2D eigenvalue weighted by molar-refractivity contribution is 6.44. The number of nitrogens with zero attached hydrogens (tertiary/aromatic N) is 1. The van der Waals surface area contributed by atoms with Gasteiger partial charge < -0.3 is 15.0 Å². The second kappa shape index (κ2) is 9.42. The molecule has 0 aliphatic rings. The van der Waals surface area contributed by atoms with Crippen molar-refractivity contribution in [3.63, 3.8) is 0 Å². The maximum absolute atomic E-state index is 13.0. The van der Waals surface area contributed by atoms with Crippen LogP contribution >= 0.6 is 23.2 Å². The Morgan fingerprint density at radius 1 is 1.03 bits per heavy atom. The number of hydrogen-bond donors (Lipinski definition) is 2. The van der Waals surface area contributed by atoms with E-state index in [0.29, 0.717) is 27.7 Å². The van der Waals surface area contributed by atoms with E-state index in [1.165, 1.54) is 0 Å². The number of amides is 1. The first-order chi connectivity index (χ1) is 15.5. The number of fused-ring (bicyclic) bond motifs is 1. The normalized spacial score (nSPS) is 11.8. The molecule has 0 spiro atoms. The van der Waals surface area contributed by atoms with Gasteiger partial charge in [0.2, 0.25) is 0 Å². The quantitative estimate of drug-likeness (QED) is 0.335. The average Bonchev–Trinajstić information content (AvgIpc) is 3.24. The van der Waals surface area contributed by atoms with Crippen LogP contribution in [0.1, 0.15) is 23.7 Å². The lowest BCUT2D eigenvalue weighted by Crippen LogP contribution is -2.32. The monoisotopic (exact) mass is 467 g/mol. The number of ether oxygens (including phenoxy) is 1. The molecule has 8 heteroatoms. The fourth-order valence-corrected chi connectivity index (χ4v) is 3.62. The topological polar surface area (TPSA) is 84.1 Å². The number of aromatic amines is 1. The number of hydrogen-bond acceptors (Lipinski definition) is 4.